The fourth-order valence-corrected chi connectivity index (χ4v) is 4.77. The van der Waals surface area contributed by atoms with Crippen molar-refractivity contribution in [2.45, 2.75) is 11.8 Å². The van der Waals surface area contributed by atoms with Gasteiger partial charge in [0.1, 0.15) is 4.90 Å². The van der Waals surface area contributed by atoms with Gasteiger partial charge in [-0.15, -0.1) is 11.3 Å². The topological polar surface area (TPSA) is 135 Å². The van der Waals surface area contributed by atoms with E-state index in [4.69, 9.17) is 11.6 Å². The summed E-state index contributed by atoms with van der Waals surface area (Å²) in [6.07, 6.45) is 4.51. The summed E-state index contributed by atoms with van der Waals surface area (Å²) in [6, 6.07) is 5.95. The number of rotatable bonds is 6. The van der Waals surface area contributed by atoms with E-state index in [9.17, 15) is 21.6 Å². The highest BCUT2D eigenvalue weighted by atomic mass is 35.5. The van der Waals surface area contributed by atoms with Crippen LogP contribution in [0.25, 0.3) is 11.4 Å². The Morgan fingerprint density at radius 3 is 2.19 bits per heavy atom. The lowest BCUT2D eigenvalue weighted by Gasteiger charge is -2.09. The minimum absolute atomic E-state index is 0.00145. The van der Waals surface area contributed by atoms with Crippen LogP contribution < -0.4 is 10.0 Å². The molecule has 0 unspecified atom stereocenters. The first-order valence-electron chi connectivity index (χ1n) is 8.54. The van der Waals surface area contributed by atoms with Gasteiger partial charge in [-0.25, -0.2) is 26.8 Å². The highest BCUT2D eigenvalue weighted by molar-refractivity contribution is 7.92. The van der Waals surface area contributed by atoms with E-state index in [1.165, 1.54) is 41.9 Å². The second kappa shape index (κ2) is 8.54. The van der Waals surface area contributed by atoms with Crippen LogP contribution in [0.2, 0.25) is 5.02 Å². The lowest BCUT2D eigenvalue weighted by Crippen LogP contribution is -2.12. The third-order valence-electron chi connectivity index (χ3n) is 3.90. The molecule has 31 heavy (non-hydrogen) atoms. The Morgan fingerprint density at radius 1 is 1.00 bits per heavy atom. The normalized spacial score (nSPS) is 11.9. The van der Waals surface area contributed by atoms with Crippen LogP contribution in [-0.4, -0.2) is 45.2 Å². The summed E-state index contributed by atoms with van der Waals surface area (Å²) in [6.45, 7) is 1.79. The Morgan fingerprint density at radius 2 is 1.61 bits per heavy atom. The zero-order chi connectivity index (χ0) is 23.0. The van der Waals surface area contributed by atoms with Gasteiger partial charge >= 0.3 is 0 Å². The SMILES string of the molecule is Cc1sc(C(=O)Nc2cc(Cl)cc(NS(C)(=O)=O)c2)cc1-c1ncc(S(C)(=O)=O)cn1. The molecule has 0 atom stereocenters. The Balaban J connectivity index is 1.84. The molecule has 0 aliphatic carbocycles. The number of aromatic nitrogens is 2. The number of aryl methyl sites for hydroxylation is 1. The summed E-state index contributed by atoms with van der Waals surface area (Å²) in [5.41, 5.74) is 1.12. The number of benzene rings is 1. The molecule has 0 spiro atoms. The molecule has 164 valence electrons. The van der Waals surface area contributed by atoms with Gasteiger partial charge in [-0.3, -0.25) is 9.52 Å². The standard InChI is InChI=1S/C18H17ClN4O5S3/c1-10-15(17-20-8-14(9-21-17)30(2,25)26)7-16(29-10)18(24)22-12-4-11(19)5-13(6-12)23-31(3,27)28/h4-9,23H,1-3H3,(H,22,24). The van der Waals surface area contributed by atoms with Crippen LogP contribution in [0.3, 0.4) is 0 Å². The van der Waals surface area contributed by atoms with Crippen molar-refractivity contribution >= 4 is 60.1 Å². The van der Waals surface area contributed by atoms with Crippen LogP contribution in [0.1, 0.15) is 14.5 Å². The van der Waals surface area contributed by atoms with Crippen LogP contribution in [-0.2, 0) is 19.9 Å². The van der Waals surface area contributed by atoms with Crippen molar-refractivity contribution in [3.05, 3.63) is 51.4 Å². The molecule has 2 N–H and O–H groups in total. The summed E-state index contributed by atoms with van der Waals surface area (Å²) in [4.78, 5) is 22.0. The van der Waals surface area contributed by atoms with E-state index in [-0.39, 0.29) is 15.6 Å². The summed E-state index contributed by atoms with van der Waals surface area (Å²) < 4.78 is 48.3. The number of nitrogens with zero attached hydrogens (tertiary/aromatic N) is 2. The summed E-state index contributed by atoms with van der Waals surface area (Å²) in [7, 11) is -6.92. The third kappa shape index (κ3) is 6.00. The first kappa shape index (κ1) is 23.1. The van der Waals surface area contributed by atoms with Crippen LogP contribution in [0.15, 0.2) is 41.6 Å². The van der Waals surface area contributed by atoms with E-state index >= 15 is 0 Å². The second-order valence-electron chi connectivity index (χ2n) is 6.65. The number of sulfonamides is 1. The van der Waals surface area contributed by atoms with Crippen molar-refractivity contribution in [2.75, 3.05) is 22.6 Å². The molecule has 0 aliphatic heterocycles. The Kier molecular flexibility index (Phi) is 6.37. The molecule has 0 bridgehead atoms. The molecule has 1 amide bonds. The van der Waals surface area contributed by atoms with E-state index in [0.717, 1.165) is 17.4 Å². The quantitative estimate of drug-likeness (QED) is 0.530. The Bertz CT molecular complexity index is 1370. The van der Waals surface area contributed by atoms with Crippen molar-refractivity contribution in [3.8, 4) is 11.4 Å². The predicted octanol–water partition coefficient (Wildman–Crippen LogP) is 3.19. The predicted molar refractivity (Wildman–Crippen MR) is 121 cm³/mol. The molecule has 2 heterocycles. The molecule has 0 aliphatic rings. The maximum Gasteiger partial charge on any atom is 0.265 e. The number of thiophene rings is 1. The summed E-state index contributed by atoms with van der Waals surface area (Å²) in [5.74, 6) is -0.137. The molecule has 9 nitrogen and oxygen atoms in total. The Hall–Kier alpha value is -2.54. The molecular weight excluding hydrogens is 484 g/mol. The molecule has 13 heteroatoms. The molecule has 0 saturated heterocycles. The number of halogens is 1. The van der Waals surface area contributed by atoms with Crippen molar-refractivity contribution in [3.63, 3.8) is 0 Å². The second-order valence-corrected chi connectivity index (χ2v) is 12.1. The van der Waals surface area contributed by atoms with Crippen LogP contribution in [0, 0.1) is 6.92 Å². The monoisotopic (exact) mass is 500 g/mol. The lowest BCUT2D eigenvalue weighted by atomic mass is 10.2. The van der Waals surface area contributed by atoms with E-state index < -0.39 is 25.8 Å². The van der Waals surface area contributed by atoms with Crippen LogP contribution in [0.4, 0.5) is 11.4 Å². The van der Waals surface area contributed by atoms with E-state index in [1.54, 1.807) is 13.0 Å². The van der Waals surface area contributed by atoms with Crippen molar-refractivity contribution in [1.29, 1.82) is 0 Å². The maximum atomic E-state index is 12.7. The van der Waals surface area contributed by atoms with Gasteiger partial charge in [-0.05, 0) is 31.2 Å². The number of anilines is 2. The van der Waals surface area contributed by atoms with Gasteiger partial charge in [0, 0.05) is 39.8 Å². The number of nitrogens with one attached hydrogen (secondary N) is 2. The van der Waals surface area contributed by atoms with Crippen molar-refractivity contribution in [1.82, 2.24) is 9.97 Å². The van der Waals surface area contributed by atoms with Gasteiger partial charge in [0.15, 0.2) is 15.7 Å². The number of sulfone groups is 1. The summed E-state index contributed by atoms with van der Waals surface area (Å²) in [5, 5.41) is 2.92. The number of hydrogen-bond donors (Lipinski definition) is 2. The number of carbonyl (C=O) groups is 1. The molecular formula is C18H17ClN4O5S3. The maximum absolute atomic E-state index is 12.7. The molecule has 3 rings (SSSR count). The first-order chi connectivity index (χ1) is 14.3. The number of hydrogen-bond acceptors (Lipinski definition) is 8. The molecule has 3 aromatic rings. The largest absolute Gasteiger partial charge is 0.321 e. The molecule has 0 radical (unpaired) electrons. The highest BCUT2D eigenvalue weighted by Gasteiger charge is 2.17. The Labute approximate surface area is 188 Å². The van der Waals surface area contributed by atoms with Gasteiger partial charge in [0.2, 0.25) is 10.0 Å². The van der Waals surface area contributed by atoms with Gasteiger partial charge in [-0.2, -0.15) is 0 Å². The van der Waals surface area contributed by atoms with Gasteiger partial charge < -0.3 is 5.32 Å². The zero-order valence-electron chi connectivity index (χ0n) is 16.5. The average molecular weight is 501 g/mol. The fourth-order valence-electron chi connectivity index (χ4n) is 2.59. The minimum Gasteiger partial charge on any atom is -0.321 e. The first-order valence-corrected chi connectivity index (χ1v) is 13.5. The molecule has 0 fully saturated rings. The third-order valence-corrected chi connectivity index (χ3v) is 6.84. The fraction of sp³-hybridized carbons (Fsp3) is 0.167. The van der Waals surface area contributed by atoms with Crippen molar-refractivity contribution in [2.24, 2.45) is 0 Å². The van der Waals surface area contributed by atoms with Crippen molar-refractivity contribution < 1.29 is 21.6 Å². The minimum atomic E-state index is -3.51. The van der Waals surface area contributed by atoms with Gasteiger partial charge in [-0.1, -0.05) is 11.6 Å². The van der Waals surface area contributed by atoms with Crippen LogP contribution in [0.5, 0.6) is 0 Å². The smallest absolute Gasteiger partial charge is 0.265 e. The number of carbonyl (C=O) groups excluding carboxylic acids is 1. The van der Waals surface area contributed by atoms with Gasteiger partial charge in [0.05, 0.1) is 16.8 Å². The van der Waals surface area contributed by atoms with E-state index in [2.05, 4.69) is 20.0 Å². The highest BCUT2D eigenvalue weighted by Crippen LogP contribution is 2.30. The summed E-state index contributed by atoms with van der Waals surface area (Å²) >= 11 is 7.23. The number of amides is 1. The van der Waals surface area contributed by atoms with Crippen LogP contribution >= 0.6 is 22.9 Å². The molecule has 0 saturated carbocycles. The molecule has 2 aromatic heterocycles. The van der Waals surface area contributed by atoms with E-state index in [1.807, 2.05) is 0 Å². The average Bonchev–Trinajstić information content (AvgIpc) is 3.01. The van der Waals surface area contributed by atoms with Gasteiger partial charge in [0.25, 0.3) is 5.91 Å². The zero-order valence-corrected chi connectivity index (χ0v) is 19.7. The lowest BCUT2D eigenvalue weighted by molar-refractivity contribution is 0.103. The van der Waals surface area contributed by atoms with E-state index in [0.29, 0.717) is 22.0 Å². The molecule has 1 aromatic carbocycles.